The van der Waals surface area contributed by atoms with Crippen molar-refractivity contribution in [3.05, 3.63) is 11.3 Å². The minimum Gasteiger partial charge on any atom is -0.384 e. The molecule has 1 fully saturated rings. The molecule has 15 heavy (non-hydrogen) atoms. The van der Waals surface area contributed by atoms with E-state index in [0.717, 1.165) is 17.3 Å². The third-order valence-corrected chi connectivity index (χ3v) is 4.51. The maximum atomic E-state index is 6.17. The molecule has 1 saturated carbocycles. The van der Waals surface area contributed by atoms with Gasteiger partial charge in [-0.05, 0) is 12.8 Å². The molecule has 1 aliphatic heterocycles. The van der Waals surface area contributed by atoms with Crippen LogP contribution in [0.4, 0.5) is 5.82 Å². The Labute approximate surface area is 94.4 Å². The van der Waals surface area contributed by atoms with Gasteiger partial charge in [0.05, 0.1) is 11.7 Å². The summed E-state index contributed by atoms with van der Waals surface area (Å²) in [5.74, 6) is 3.06. The van der Waals surface area contributed by atoms with Gasteiger partial charge in [0.25, 0.3) is 0 Å². The van der Waals surface area contributed by atoms with Crippen molar-refractivity contribution in [2.24, 2.45) is 0 Å². The maximum Gasteiger partial charge on any atom is 0.126 e. The monoisotopic (exact) mass is 223 g/mol. The highest BCUT2D eigenvalue weighted by Crippen LogP contribution is 2.37. The van der Waals surface area contributed by atoms with E-state index in [9.17, 15) is 0 Å². The van der Waals surface area contributed by atoms with Gasteiger partial charge in [-0.2, -0.15) is 16.9 Å². The highest BCUT2D eigenvalue weighted by Gasteiger charge is 2.25. The van der Waals surface area contributed by atoms with Gasteiger partial charge in [0.1, 0.15) is 5.82 Å². The van der Waals surface area contributed by atoms with E-state index in [1.54, 1.807) is 0 Å². The number of hydrogen-bond donors (Lipinski definition) is 1. The van der Waals surface area contributed by atoms with Crippen molar-refractivity contribution in [3.8, 4) is 0 Å². The summed E-state index contributed by atoms with van der Waals surface area (Å²) in [4.78, 5) is 0. The number of nitrogens with zero attached hydrogens (tertiary/aromatic N) is 2. The molecule has 1 aromatic heterocycles. The van der Waals surface area contributed by atoms with E-state index in [0.29, 0.717) is 6.04 Å². The van der Waals surface area contributed by atoms with E-state index in [1.165, 1.54) is 43.4 Å². The van der Waals surface area contributed by atoms with E-state index in [1.807, 2.05) is 11.8 Å². The van der Waals surface area contributed by atoms with Gasteiger partial charge in [-0.15, -0.1) is 0 Å². The average molecular weight is 223 g/mol. The van der Waals surface area contributed by atoms with E-state index in [2.05, 4.69) is 9.78 Å². The van der Waals surface area contributed by atoms with Crippen molar-refractivity contribution in [2.75, 3.05) is 5.73 Å². The Morgan fingerprint density at radius 2 is 2.00 bits per heavy atom. The van der Waals surface area contributed by atoms with Gasteiger partial charge in [0, 0.05) is 17.1 Å². The minimum atomic E-state index is 0.578. The molecule has 3 nitrogen and oxygen atoms in total. The second-order valence-corrected chi connectivity index (χ2v) is 5.53. The van der Waals surface area contributed by atoms with Gasteiger partial charge in [-0.3, -0.25) is 0 Å². The normalized spacial score (nSPS) is 21.9. The first-order chi connectivity index (χ1) is 7.36. The van der Waals surface area contributed by atoms with E-state index >= 15 is 0 Å². The summed E-state index contributed by atoms with van der Waals surface area (Å²) in [6.45, 7) is 0. The maximum absolute atomic E-state index is 6.17. The SMILES string of the molecule is Nc1c2c(nn1C1CCCCC1)CSC2. The fourth-order valence-corrected chi connectivity index (χ4v) is 3.70. The molecular formula is C11H17N3S. The molecular weight excluding hydrogens is 206 g/mol. The van der Waals surface area contributed by atoms with Gasteiger partial charge < -0.3 is 5.73 Å². The molecule has 0 unspecified atom stereocenters. The van der Waals surface area contributed by atoms with Crippen LogP contribution in [0.15, 0.2) is 0 Å². The Morgan fingerprint density at radius 3 is 2.73 bits per heavy atom. The van der Waals surface area contributed by atoms with Crippen molar-refractivity contribution in [1.82, 2.24) is 9.78 Å². The Balaban J connectivity index is 1.91. The van der Waals surface area contributed by atoms with Gasteiger partial charge in [-0.1, -0.05) is 19.3 Å². The average Bonchev–Trinajstić information content (AvgIpc) is 2.83. The summed E-state index contributed by atoms with van der Waals surface area (Å²) in [5.41, 5.74) is 8.72. The van der Waals surface area contributed by atoms with Gasteiger partial charge >= 0.3 is 0 Å². The zero-order chi connectivity index (χ0) is 10.3. The van der Waals surface area contributed by atoms with Crippen molar-refractivity contribution in [1.29, 1.82) is 0 Å². The molecule has 0 radical (unpaired) electrons. The quantitative estimate of drug-likeness (QED) is 0.796. The van der Waals surface area contributed by atoms with Crippen LogP contribution in [-0.4, -0.2) is 9.78 Å². The second kappa shape index (κ2) is 3.74. The highest BCUT2D eigenvalue weighted by atomic mass is 32.2. The van der Waals surface area contributed by atoms with Crippen LogP contribution in [0.25, 0.3) is 0 Å². The largest absolute Gasteiger partial charge is 0.384 e. The number of thioether (sulfide) groups is 1. The summed E-state index contributed by atoms with van der Waals surface area (Å²) in [6, 6.07) is 0.578. The number of rotatable bonds is 1. The zero-order valence-electron chi connectivity index (χ0n) is 8.91. The molecule has 0 atom stereocenters. The van der Waals surface area contributed by atoms with Gasteiger partial charge in [0.2, 0.25) is 0 Å². The first kappa shape index (κ1) is 9.58. The van der Waals surface area contributed by atoms with Crippen molar-refractivity contribution < 1.29 is 0 Å². The standard InChI is InChI=1S/C11H17N3S/c12-11-9-6-15-7-10(9)13-14(11)8-4-2-1-3-5-8/h8H,1-7,12H2. The lowest BCUT2D eigenvalue weighted by atomic mass is 9.96. The molecule has 2 aliphatic rings. The molecule has 2 heterocycles. The Morgan fingerprint density at radius 1 is 1.20 bits per heavy atom. The van der Waals surface area contributed by atoms with Crippen LogP contribution in [0.5, 0.6) is 0 Å². The molecule has 4 heteroatoms. The molecule has 0 saturated heterocycles. The van der Waals surface area contributed by atoms with Crippen LogP contribution < -0.4 is 5.73 Å². The predicted molar refractivity (Wildman–Crippen MR) is 63.8 cm³/mol. The molecule has 3 rings (SSSR count). The molecule has 1 aliphatic carbocycles. The fraction of sp³-hybridized carbons (Fsp3) is 0.727. The van der Waals surface area contributed by atoms with Crippen LogP contribution in [0, 0.1) is 0 Å². The lowest BCUT2D eigenvalue weighted by molar-refractivity contribution is 0.332. The zero-order valence-corrected chi connectivity index (χ0v) is 9.72. The molecule has 1 aromatic rings. The Hall–Kier alpha value is -0.640. The van der Waals surface area contributed by atoms with Crippen molar-refractivity contribution >= 4 is 17.6 Å². The number of aromatic nitrogens is 2. The van der Waals surface area contributed by atoms with Crippen LogP contribution in [0.2, 0.25) is 0 Å². The van der Waals surface area contributed by atoms with Crippen LogP contribution in [0.3, 0.4) is 0 Å². The molecule has 2 N–H and O–H groups in total. The number of anilines is 1. The third-order valence-electron chi connectivity index (χ3n) is 3.54. The van der Waals surface area contributed by atoms with E-state index in [4.69, 9.17) is 5.73 Å². The lowest BCUT2D eigenvalue weighted by Gasteiger charge is -2.23. The Kier molecular flexibility index (Phi) is 2.39. The highest BCUT2D eigenvalue weighted by molar-refractivity contribution is 7.98. The summed E-state index contributed by atoms with van der Waals surface area (Å²) >= 11 is 1.92. The molecule has 82 valence electrons. The van der Waals surface area contributed by atoms with E-state index < -0.39 is 0 Å². The summed E-state index contributed by atoms with van der Waals surface area (Å²) in [7, 11) is 0. The second-order valence-electron chi connectivity index (χ2n) is 4.54. The number of nitrogens with two attached hydrogens (primary N) is 1. The molecule has 0 amide bonds. The van der Waals surface area contributed by atoms with E-state index in [-0.39, 0.29) is 0 Å². The van der Waals surface area contributed by atoms with Crippen LogP contribution >= 0.6 is 11.8 Å². The number of nitrogen functional groups attached to an aromatic ring is 1. The van der Waals surface area contributed by atoms with Crippen molar-refractivity contribution in [2.45, 2.75) is 49.7 Å². The molecule has 0 aromatic carbocycles. The minimum absolute atomic E-state index is 0.578. The van der Waals surface area contributed by atoms with Crippen molar-refractivity contribution in [3.63, 3.8) is 0 Å². The molecule has 0 spiro atoms. The predicted octanol–water partition coefficient (Wildman–Crippen LogP) is 2.72. The van der Waals surface area contributed by atoms with Crippen LogP contribution in [-0.2, 0) is 11.5 Å². The number of fused-ring (bicyclic) bond motifs is 1. The first-order valence-electron chi connectivity index (χ1n) is 5.80. The fourth-order valence-electron chi connectivity index (χ4n) is 2.66. The van der Waals surface area contributed by atoms with Crippen LogP contribution in [0.1, 0.15) is 49.4 Å². The first-order valence-corrected chi connectivity index (χ1v) is 6.95. The Bertz CT molecular complexity index is 366. The topological polar surface area (TPSA) is 43.8 Å². The summed E-state index contributed by atoms with van der Waals surface area (Å²) < 4.78 is 2.11. The van der Waals surface area contributed by atoms with Gasteiger partial charge in [0.15, 0.2) is 0 Å². The third kappa shape index (κ3) is 1.55. The smallest absolute Gasteiger partial charge is 0.126 e. The lowest BCUT2D eigenvalue weighted by Crippen LogP contribution is -2.16. The summed E-state index contributed by atoms with van der Waals surface area (Å²) in [5, 5.41) is 4.68. The number of hydrogen-bond acceptors (Lipinski definition) is 3. The van der Waals surface area contributed by atoms with Gasteiger partial charge in [-0.25, -0.2) is 4.68 Å². The summed E-state index contributed by atoms with van der Waals surface area (Å²) in [6.07, 6.45) is 6.58. The molecule has 0 bridgehead atoms.